The molecule has 9 heteroatoms. The highest BCUT2D eigenvalue weighted by atomic mass is 79.9. The fourth-order valence-corrected chi connectivity index (χ4v) is 2.15. The molecule has 2 aromatic rings. The molecule has 1 aromatic carbocycles. The summed E-state index contributed by atoms with van der Waals surface area (Å²) in [7, 11) is 0. The summed E-state index contributed by atoms with van der Waals surface area (Å²) in [5.41, 5.74) is 6.94. The summed E-state index contributed by atoms with van der Waals surface area (Å²) >= 11 is 3.35. The molecule has 0 spiro atoms. The Bertz CT molecular complexity index is 751. The first-order chi connectivity index (χ1) is 10.4. The topological polar surface area (TPSA) is 120 Å². The third-order valence-electron chi connectivity index (χ3n) is 2.71. The lowest BCUT2D eigenvalue weighted by molar-refractivity contribution is -0.727. The largest absolute Gasteiger partial charge is 0.396 e. The lowest BCUT2D eigenvalue weighted by atomic mass is 10.2. The molecule has 22 heavy (non-hydrogen) atoms. The average Bonchev–Trinajstić information content (AvgIpc) is 2.41. The molecule has 0 saturated heterocycles. The molecule has 1 heterocycles. The van der Waals surface area contributed by atoms with E-state index in [1.165, 1.54) is 13.0 Å². The lowest BCUT2D eigenvalue weighted by Crippen LogP contribution is -2.14. The van der Waals surface area contributed by atoms with E-state index in [4.69, 9.17) is 5.73 Å². The van der Waals surface area contributed by atoms with Crippen molar-refractivity contribution in [3.8, 4) is 0 Å². The number of nitrogens with zero attached hydrogens (tertiary/aromatic N) is 2. The maximum atomic E-state index is 11.6. The van der Waals surface area contributed by atoms with Crippen LogP contribution in [0, 0.1) is 17.0 Å². The molecule has 0 unspecified atom stereocenters. The summed E-state index contributed by atoms with van der Waals surface area (Å²) < 4.78 is 0.874. The number of hydrogen-bond acceptors (Lipinski definition) is 7. The fourth-order valence-electron chi connectivity index (χ4n) is 1.75. The maximum absolute atomic E-state index is 11.6. The van der Waals surface area contributed by atoms with Crippen LogP contribution in [-0.4, -0.2) is 16.0 Å². The molecule has 0 aliphatic carbocycles. The summed E-state index contributed by atoms with van der Waals surface area (Å²) in [6, 6.07) is 8.62. The number of aryl methyl sites for hydroxylation is 1. The van der Waals surface area contributed by atoms with Crippen LogP contribution in [0.3, 0.4) is 0 Å². The second kappa shape index (κ2) is 6.39. The van der Waals surface area contributed by atoms with E-state index in [0.717, 1.165) is 10.2 Å². The predicted octanol–water partition coefficient (Wildman–Crippen LogP) is 2.83. The standard InChI is InChI=1S/C13H11BrN4O4/c1-7-10(13(19)22-18(20)21)6-11(15)12(16-7)17-9-4-2-3-8(14)5-9/h2-6H,15H2,1H3,(H,16,17). The van der Waals surface area contributed by atoms with E-state index in [1.807, 2.05) is 24.3 Å². The molecule has 0 aliphatic rings. The number of pyridine rings is 1. The van der Waals surface area contributed by atoms with Crippen molar-refractivity contribution in [3.63, 3.8) is 0 Å². The molecule has 0 saturated carbocycles. The van der Waals surface area contributed by atoms with E-state index in [9.17, 15) is 14.9 Å². The number of carbonyl (C=O) groups excluding carboxylic acids is 1. The third-order valence-corrected chi connectivity index (χ3v) is 3.20. The van der Waals surface area contributed by atoms with Crippen LogP contribution in [0.4, 0.5) is 17.2 Å². The molecule has 114 valence electrons. The second-order valence-electron chi connectivity index (χ2n) is 4.30. The summed E-state index contributed by atoms with van der Waals surface area (Å²) in [4.78, 5) is 29.8. The number of carbonyl (C=O) groups is 1. The minimum atomic E-state index is -1.17. The number of nitrogens with two attached hydrogens (primary N) is 1. The number of nitrogen functional groups attached to an aromatic ring is 1. The first kappa shape index (κ1) is 15.7. The van der Waals surface area contributed by atoms with Crippen molar-refractivity contribution in [2.45, 2.75) is 6.92 Å². The van der Waals surface area contributed by atoms with Crippen molar-refractivity contribution in [2.75, 3.05) is 11.1 Å². The second-order valence-corrected chi connectivity index (χ2v) is 5.21. The van der Waals surface area contributed by atoms with Crippen molar-refractivity contribution >= 4 is 39.1 Å². The zero-order valence-electron chi connectivity index (χ0n) is 11.4. The number of halogens is 1. The smallest absolute Gasteiger partial charge is 0.336 e. The van der Waals surface area contributed by atoms with Gasteiger partial charge in [0.1, 0.15) is 0 Å². The SMILES string of the molecule is Cc1nc(Nc2cccc(Br)c2)c(N)cc1C(=O)O[N+](=O)[O-]. The van der Waals surface area contributed by atoms with Crippen molar-refractivity contribution in [2.24, 2.45) is 0 Å². The Morgan fingerprint density at radius 3 is 2.82 bits per heavy atom. The number of nitrogens with one attached hydrogen (secondary N) is 1. The summed E-state index contributed by atoms with van der Waals surface area (Å²) in [6.07, 6.45) is 0. The van der Waals surface area contributed by atoms with E-state index < -0.39 is 11.1 Å². The molecule has 0 fully saturated rings. The van der Waals surface area contributed by atoms with Crippen molar-refractivity contribution in [1.82, 2.24) is 4.98 Å². The normalized spacial score (nSPS) is 10.1. The highest BCUT2D eigenvalue weighted by Crippen LogP contribution is 2.25. The molecular weight excluding hydrogens is 356 g/mol. The van der Waals surface area contributed by atoms with E-state index in [-0.39, 0.29) is 16.9 Å². The maximum Gasteiger partial charge on any atom is 0.336 e. The van der Waals surface area contributed by atoms with Gasteiger partial charge in [0.25, 0.3) is 0 Å². The van der Waals surface area contributed by atoms with Gasteiger partial charge in [-0.2, -0.15) is 0 Å². The Kier molecular flexibility index (Phi) is 4.56. The van der Waals surface area contributed by atoms with Crippen LogP contribution in [0.5, 0.6) is 0 Å². The summed E-state index contributed by atoms with van der Waals surface area (Å²) in [5, 5.41) is 12.0. The van der Waals surface area contributed by atoms with Gasteiger partial charge in [-0.05, 0) is 31.2 Å². The highest BCUT2D eigenvalue weighted by Gasteiger charge is 2.17. The Labute approximate surface area is 133 Å². The molecule has 0 radical (unpaired) electrons. The number of anilines is 3. The first-order valence-electron chi connectivity index (χ1n) is 6.03. The van der Waals surface area contributed by atoms with E-state index in [0.29, 0.717) is 5.82 Å². The third kappa shape index (κ3) is 3.70. The Balaban J connectivity index is 2.30. The molecule has 2 rings (SSSR count). The van der Waals surface area contributed by atoms with Gasteiger partial charge in [0.05, 0.1) is 16.9 Å². The Morgan fingerprint density at radius 2 is 2.18 bits per heavy atom. The van der Waals surface area contributed by atoms with Crippen molar-refractivity contribution in [1.29, 1.82) is 0 Å². The van der Waals surface area contributed by atoms with Gasteiger partial charge in [0.2, 0.25) is 0 Å². The van der Waals surface area contributed by atoms with Gasteiger partial charge in [-0.25, -0.2) is 9.82 Å². The zero-order valence-corrected chi connectivity index (χ0v) is 13.0. The number of aromatic nitrogens is 1. The van der Waals surface area contributed by atoms with Crippen LogP contribution in [-0.2, 0) is 4.84 Å². The van der Waals surface area contributed by atoms with Crippen LogP contribution < -0.4 is 11.1 Å². The van der Waals surface area contributed by atoms with Gasteiger partial charge in [-0.1, -0.05) is 22.0 Å². The molecule has 8 nitrogen and oxygen atoms in total. The Hall–Kier alpha value is -2.68. The molecule has 3 N–H and O–H groups in total. The zero-order chi connectivity index (χ0) is 16.3. The van der Waals surface area contributed by atoms with Gasteiger partial charge in [0, 0.05) is 10.2 Å². The molecule has 0 bridgehead atoms. The van der Waals surface area contributed by atoms with Gasteiger partial charge >= 0.3 is 11.1 Å². The van der Waals surface area contributed by atoms with E-state index >= 15 is 0 Å². The molecule has 1 aromatic heterocycles. The average molecular weight is 367 g/mol. The van der Waals surface area contributed by atoms with Crippen LogP contribution in [0.25, 0.3) is 0 Å². The van der Waals surface area contributed by atoms with Crippen molar-refractivity contribution < 1.29 is 14.7 Å². The Morgan fingerprint density at radius 1 is 1.45 bits per heavy atom. The van der Waals surface area contributed by atoms with E-state index in [1.54, 1.807) is 0 Å². The van der Waals surface area contributed by atoms with Gasteiger partial charge in [0.15, 0.2) is 5.82 Å². The van der Waals surface area contributed by atoms with Gasteiger partial charge < -0.3 is 11.1 Å². The molecule has 0 aliphatic heterocycles. The van der Waals surface area contributed by atoms with Crippen molar-refractivity contribution in [3.05, 3.63) is 56.2 Å². The predicted molar refractivity (Wildman–Crippen MR) is 83.2 cm³/mol. The number of benzene rings is 1. The minimum Gasteiger partial charge on any atom is -0.396 e. The quantitative estimate of drug-likeness (QED) is 0.630. The fraction of sp³-hybridized carbons (Fsp3) is 0.0769. The van der Waals surface area contributed by atoms with E-state index in [2.05, 4.69) is 31.1 Å². The first-order valence-corrected chi connectivity index (χ1v) is 6.82. The van der Waals surface area contributed by atoms with Gasteiger partial charge in [-0.15, -0.1) is 10.1 Å². The van der Waals surface area contributed by atoms with Crippen LogP contribution in [0.2, 0.25) is 0 Å². The van der Waals surface area contributed by atoms with Crippen LogP contribution in [0.1, 0.15) is 16.1 Å². The minimum absolute atomic E-state index is 0.0611. The molecule has 0 amide bonds. The monoisotopic (exact) mass is 366 g/mol. The van der Waals surface area contributed by atoms with Crippen LogP contribution >= 0.6 is 15.9 Å². The van der Waals surface area contributed by atoms with Crippen LogP contribution in [0.15, 0.2) is 34.8 Å². The molecule has 0 atom stereocenters. The highest BCUT2D eigenvalue weighted by molar-refractivity contribution is 9.10. The summed E-state index contributed by atoms with van der Waals surface area (Å²) in [6.45, 7) is 1.53. The molecular formula is C13H11BrN4O4. The lowest BCUT2D eigenvalue weighted by Gasteiger charge is -2.11. The summed E-state index contributed by atoms with van der Waals surface area (Å²) in [5.74, 6) is -0.774. The van der Waals surface area contributed by atoms with Gasteiger partial charge in [-0.3, -0.25) is 4.79 Å². The number of hydrogen-bond donors (Lipinski definition) is 2. The number of rotatable bonds is 4.